The predicted molar refractivity (Wildman–Crippen MR) is 116 cm³/mol. The molecule has 10 heteroatoms. The molecule has 0 spiro atoms. The average molecular weight is 478 g/mol. The first-order valence-electron chi connectivity index (χ1n) is 9.26. The van der Waals surface area contributed by atoms with E-state index >= 15 is 0 Å². The summed E-state index contributed by atoms with van der Waals surface area (Å²) in [6.07, 6.45) is -4.65. The number of hydrogen-bond acceptors (Lipinski definition) is 3. The highest BCUT2D eigenvalue weighted by molar-refractivity contribution is 7.92. The first-order valence-corrected chi connectivity index (χ1v) is 11.1. The quantitative estimate of drug-likeness (QED) is 0.394. The van der Waals surface area contributed by atoms with Gasteiger partial charge in [0, 0.05) is 16.1 Å². The second-order valence-corrected chi connectivity index (χ2v) is 8.88. The van der Waals surface area contributed by atoms with Gasteiger partial charge in [-0.3, -0.25) is 0 Å². The van der Waals surface area contributed by atoms with Gasteiger partial charge in [-0.05, 0) is 36.4 Å². The summed E-state index contributed by atoms with van der Waals surface area (Å²) in [5.41, 5.74) is -0.379. The van der Waals surface area contributed by atoms with Crippen LogP contribution in [0.2, 0.25) is 5.02 Å². The number of aromatic nitrogens is 2. The Morgan fingerprint density at radius 2 is 1.50 bits per heavy atom. The summed E-state index contributed by atoms with van der Waals surface area (Å²) in [4.78, 5) is 3.05. The Morgan fingerprint density at radius 3 is 2.16 bits per heavy atom. The second-order valence-electron chi connectivity index (χ2n) is 6.78. The van der Waals surface area contributed by atoms with E-state index in [4.69, 9.17) is 11.6 Å². The summed E-state index contributed by atoms with van der Waals surface area (Å²) < 4.78 is 66.7. The summed E-state index contributed by atoms with van der Waals surface area (Å²) >= 11 is 5.92. The second kappa shape index (κ2) is 8.33. The molecule has 0 aliphatic heterocycles. The van der Waals surface area contributed by atoms with Gasteiger partial charge in [0.15, 0.2) is 0 Å². The van der Waals surface area contributed by atoms with Crippen LogP contribution < -0.4 is 4.83 Å². The van der Waals surface area contributed by atoms with Crippen molar-refractivity contribution in [2.45, 2.75) is 11.1 Å². The molecular weight excluding hydrogens is 463 g/mol. The monoisotopic (exact) mass is 477 g/mol. The van der Waals surface area contributed by atoms with Crippen LogP contribution in [0.25, 0.3) is 22.5 Å². The van der Waals surface area contributed by atoms with Crippen molar-refractivity contribution in [1.82, 2.24) is 9.89 Å². The Hall–Kier alpha value is -3.30. The number of benzene rings is 3. The van der Waals surface area contributed by atoms with Crippen molar-refractivity contribution in [3.05, 3.63) is 95.5 Å². The molecule has 0 atom stereocenters. The molecule has 0 aliphatic rings. The minimum atomic E-state index is -4.65. The summed E-state index contributed by atoms with van der Waals surface area (Å²) in [5.74, 6) is 0. The van der Waals surface area contributed by atoms with Crippen LogP contribution in [0.5, 0.6) is 0 Å². The van der Waals surface area contributed by atoms with Crippen molar-refractivity contribution in [3.63, 3.8) is 0 Å². The highest BCUT2D eigenvalue weighted by Gasteiger charge is 2.34. The van der Waals surface area contributed by atoms with Crippen molar-refractivity contribution in [1.29, 1.82) is 0 Å². The van der Waals surface area contributed by atoms with Crippen molar-refractivity contribution in [2.75, 3.05) is 4.83 Å². The molecule has 1 heterocycles. The van der Waals surface area contributed by atoms with E-state index in [1.165, 1.54) is 48.5 Å². The molecular formula is C22H15ClF3N3O2S. The van der Waals surface area contributed by atoms with Gasteiger partial charge in [0.25, 0.3) is 10.0 Å². The number of alkyl halides is 3. The third kappa shape index (κ3) is 4.49. The maximum atomic E-state index is 13.7. The van der Waals surface area contributed by atoms with Gasteiger partial charge in [-0.2, -0.15) is 36.3 Å². The van der Waals surface area contributed by atoms with Gasteiger partial charge in [-0.15, -0.1) is 0 Å². The lowest BCUT2D eigenvalue weighted by atomic mass is 10.0. The van der Waals surface area contributed by atoms with E-state index in [-0.39, 0.29) is 21.8 Å². The zero-order chi connectivity index (χ0) is 22.9. The SMILES string of the molecule is O=S(=O)(Nn1nc(-c2ccc(Cl)cc2)cc1-c1ccccc1C(F)(F)F)c1ccccc1. The number of nitrogens with one attached hydrogen (secondary N) is 1. The molecule has 3 aromatic carbocycles. The maximum Gasteiger partial charge on any atom is 0.417 e. The number of sulfonamides is 1. The number of rotatable bonds is 5. The highest BCUT2D eigenvalue weighted by Crippen LogP contribution is 2.38. The van der Waals surface area contributed by atoms with Gasteiger partial charge < -0.3 is 0 Å². The molecule has 5 nitrogen and oxygen atoms in total. The van der Waals surface area contributed by atoms with E-state index in [9.17, 15) is 21.6 Å². The predicted octanol–water partition coefficient (Wildman–Crippen LogP) is 5.82. The molecule has 164 valence electrons. The molecule has 0 amide bonds. The topological polar surface area (TPSA) is 64.0 Å². The standard InChI is InChI=1S/C22H15ClF3N3O2S/c23-16-12-10-15(11-13-16)20-14-21(18-8-4-5-9-19(18)22(24,25)26)29(27-20)28-32(30,31)17-6-2-1-3-7-17/h1-14,28H. The Balaban J connectivity index is 1.88. The van der Waals surface area contributed by atoms with Crippen LogP contribution in [-0.2, 0) is 16.2 Å². The zero-order valence-electron chi connectivity index (χ0n) is 16.2. The average Bonchev–Trinajstić information content (AvgIpc) is 3.17. The fourth-order valence-electron chi connectivity index (χ4n) is 3.12. The van der Waals surface area contributed by atoms with E-state index < -0.39 is 21.8 Å². The first-order chi connectivity index (χ1) is 15.1. The van der Waals surface area contributed by atoms with E-state index in [0.29, 0.717) is 10.6 Å². The minimum absolute atomic E-state index is 0.0569. The largest absolute Gasteiger partial charge is 0.417 e. The van der Waals surface area contributed by atoms with Crippen molar-refractivity contribution < 1.29 is 21.6 Å². The molecule has 0 saturated heterocycles. The normalized spacial score (nSPS) is 12.0. The molecule has 0 bridgehead atoms. The summed E-state index contributed by atoms with van der Waals surface area (Å²) in [6, 6.07) is 20.2. The summed E-state index contributed by atoms with van der Waals surface area (Å²) in [7, 11) is -4.12. The molecule has 32 heavy (non-hydrogen) atoms. The Labute approximate surface area is 187 Å². The lowest BCUT2D eigenvalue weighted by molar-refractivity contribution is -0.137. The Kier molecular flexibility index (Phi) is 5.70. The van der Waals surface area contributed by atoms with Crippen LogP contribution in [0.1, 0.15) is 5.56 Å². The van der Waals surface area contributed by atoms with Gasteiger partial charge in [0.05, 0.1) is 21.8 Å². The molecule has 0 radical (unpaired) electrons. The van der Waals surface area contributed by atoms with E-state index in [1.54, 1.807) is 30.3 Å². The molecule has 0 aliphatic carbocycles. The van der Waals surface area contributed by atoms with Crippen LogP contribution in [0.4, 0.5) is 13.2 Å². The molecule has 0 fully saturated rings. The molecule has 1 aromatic heterocycles. The zero-order valence-corrected chi connectivity index (χ0v) is 17.8. The highest BCUT2D eigenvalue weighted by atomic mass is 35.5. The molecule has 0 unspecified atom stereocenters. The van der Waals surface area contributed by atoms with Gasteiger partial charge in [0.2, 0.25) is 0 Å². The molecule has 0 saturated carbocycles. The van der Waals surface area contributed by atoms with Crippen LogP contribution in [0.15, 0.2) is 89.8 Å². The third-order valence-electron chi connectivity index (χ3n) is 4.62. The van der Waals surface area contributed by atoms with Crippen LogP contribution in [0, 0.1) is 0 Å². The molecule has 1 N–H and O–H groups in total. The van der Waals surface area contributed by atoms with E-state index in [0.717, 1.165) is 10.9 Å². The lowest BCUT2D eigenvalue weighted by Gasteiger charge is -2.15. The fraction of sp³-hybridized carbons (Fsp3) is 0.0455. The number of halogens is 4. The third-order valence-corrected chi connectivity index (χ3v) is 6.18. The smallest absolute Gasteiger partial charge is 0.200 e. The van der Waals surface area contributed by atoms with Gasteiger partial charge in [0.1, 0.15) is 0 Å². The van der Waals surface area contributed by atoms with E-state index in [2.05, 4.69) is 9.93 Å². The van der Waals surface area contributed by atoms with Gasteiger partial charge >= 0.3 is 6.18 Å². The van der Waals surface area contributed by atoms with E-state index in [1.807, 2.05) is 0 Å². The summed E-state index contributed by atoms with van der Waals surface area (Å²) in [5, 5.41) is 4.71. The van der Waals surface area contributed by atoms with Crippen molar-refractivity contribution in [2.24, 2.45) is 0 Å². The maximum absolute atomic E-state index is 13.7. The summed E-state index contributed by atoms with van der Waals surface area (Å²) in [6.45, 7) is 0. The Bertz CT molecular complexity index is 1350. The number of hydrogen-bond donors (Lipinski definition) is 1. The van der Waals surface area contributed by atoms with Crippen molar-refractivity contribution in [3.8, 4) is 22.5 Å². The van der Waals surface area contributed by atoms with Gasteiger partial charge in [-0.1, -0.05) is 60.1 Å². The van der Waals surface area contributed by atoms with Crippen LogP contribution in [-0.4, -0.2) is 18.3 Å². The van der Waals surface area contributed by atoms with Gasteiger partial charge in [-0.25, -0.2) is 0 Å². The first kappa shape index (κ1) is 21.9. The molecule has 4 rings (SSSR count). The molecule has 4 aromatic rings. The van der Waals surface area contributed by atoms with Crippen LogP contribution >= 0.6 is 11.6 Å². The Morgan fingerprint density at radius 1 is 0.875 bits per heavy atom. The number of nitrogens with zero attached hydrogens (tertiary/aromatic N) is 2. The van der Waals surface area contributed by atoms with Crippen LogP contribution in [0.3, 0.4) is 0 Å². The lowest BCUT2D eigenvalue weighted by Crippen LogP contribution is -2.25. The fourth-order valence-corrected chi connectivity index (χ4v) is 4.24. The minimum Gasteiger partial charge on any atom is -0.200 e. The van der Waals surface area contributed by atoms with Crippen molar-refractivity contribution >= 4 is 21.6 Å².